The topological polar surface area (TPSA) is 0 Å². The fourth-order valence-corrected chi connectivity index (χ4v) is 2.67. The van der Waals surface area contributed by atoms with Gasteiger partial charge in [0.1, 0.15) is 0 Å². The largest absolute Gasteiger partial charge is 0.126 e. The third kappa shape index (κ3) is 13.2. The fourth-order valence-electron chi connectivity index (χ4n) is 1.67. The minimum atomic E-state index is 0.681. The van der Waals surface area contributed by atoms with Crippen molar-refractivity contribution < 1.29 is 0 Å². The highest BCUT2D eigenvalue weighted by Gasteiger charge is 2.19. The molecule has 0 bridgehead atoms. The monoisotopic (exact) mass is 346 g/mol. The van der Waals surface area contributed by atoms with Crippen LogP contribution >= 0.6 is 11.8 Å². The third-order valence-corrected chi connectivity index (χ3v) is 4.20. The Bertz CT molecular complexity index is 427. The lowest BCUT2D eigenvalue weighted by molar-refractivity contribution is 0.856. The highest BCUT2D eigenvalue weighted by molar-refractivity contribution is 8.03. The normalized spacial score (nSPS) is 18.3. The van der Waals surface area contributed by atoms with Crippen LogP contribution in [-0.2, 0) is 0 Å². The van der Waals surface area contributed by atoms with Crippen molar-refractivity contribution in [1.29, 1.82) is 0 Å². The molecule has 0 fully saturated rings. The molecular weight excluding hydrogens is 308 g/mol. The van der Waals surface area contributed by atoms with Crippen LogP contribution in [0.1, 0.15) is 59.9 Å². The van der Waals surface area contributed by atoms with Crippen molar-refractivity contribution in [2.45, 2.75) is 66.6 Å². The van der Waals surface area contributed by atoms with E-state index < -0.39 is 0 Å². The van der Waals surface area contributed by atoms with E-state index in [2.05, 4.69) is 68.7 Å². The number of hydrogen-bond donors (Lipinski definition) is 0. The van der Waals surface area contributed by atoms with E-state index in [1.807, 2.05) is 57.7 Å². The van der Waals surface area contributed by atoms with Gasteiger partial charge in [0.05, 0.1) is 0 Å². The van der Waals surface area contributed by atoms with Crippen molar-refractivity contribution >= 4 is 11.8 Å². The van der Waals surface area contributed by atoms with Crippen LogP contribution in [0.15, 0.2) is 66.1 Å². The van der Waals surface area contributed by atoms with Gasteiger partial charge in [0.25, 0.3) is 0 Å². The minimum Gasteiger partial charge on any atom is -0.126 e. The smallest absolute Gasteiger partial charge is 0.0369 e. The molecule has 0 amide bonds. The molecule has 1 aliphatic heterocycles. The number of unbranched alkanes of at least 4 members (excludes halogenated alkanes) is 1. The van der Waals surface area contributed by atoms with Gasteiger partial charge < -0.3 is 0 Å². The van der Waals surface area contributed by atoms with Crippen molar-refractivity contribution in [1.82, 2.24) is 0 Å². The molecule has 136 valence electrons. The van der Waals surface area contributed by atoms with Crippen LogP contribution < -0.4 is 0 Å². The summed E-state index contributed by atoms with van der Waals surface area (Å²) in [6.45, 7) is 14.4. The van der Waals surface area contributed by atoms with Gasteiger partial charge in [0.15, 0.2) is 0 Å². The molecule has 1 heterocycles. The summed E-state index contributed by atoms with van der Waals surface area (Å²) in [5.74, 6) is 0.681. The zero-order valence-corrected chi connectivity index (χ0v) is 17.6. The number of allylic oxidation sites excluding steroid dienone is 4. The van der Waals surface area contributed by atoms with Crippen molar-refractivity contribution in [2.24, 2.45) is 5.92 Å². The molecule has 0 radical (unpaired) electrons. The highest BCUT2D eigenvalue weighted by atomic mass is 32.2. The predicted molar refractivity (Wildman–Crippen MR) is 117 cm³/mol. The molecule has 3 rings (SSSR count). The molecule has 0 saturated heterocycles. The van der Waals surface area contributed by atoms with Crippen LogP contribution in [0, 0.1) is 12.8 Å². The Balaban J connectivity index is 0. The van der Waals surface area contributed by atoms with E-state index in [9.17, 15) is 0 Å². The first kappa shape index (κ1) is 25.0. The van der Waals surface area contributed by atoms with Crippen LogP contribution in [0.5, 0.6) is 0 Å². The second-order valence-electron chi connectivity index (χ2n) is 4.93. The summed E-state index contributed by atoms with van der Waals surface area (Å²) in [6.07, 6.45) is 13.7. The predicted octanol–water partition coefficient (Wildman–Crippen LogP) is 8.21. The molecule has 0 N–H and O–H groups in total. The van der Waals surface area contributed by atoms with Gasteiger partial charge in [-0.15, -0.1) is 11.8 Å². The average molecular weight is 347 g/mol. The lowest BCUT2D eigenvalue weighted by Crippen LogP contribution is -2.07. The maximum atomic E-state index is 2.26. The van der Waals surface area contributed by atoms with Gasteiger partial charge in [0, 0.05) is 11.2 Å². The Morgan fingerprint density at radius 3 is 1.75 bits per heavy atom. The van der Waals surface area contributed by atoms with Crippen LogP contribution in [-0.4, -0.2) is 5.25 Å². The molecule has 1 aliphatic carbocycles. The van der Waals surface area contributed by atoms with Crippen molar-refractivity contribution in [3.8, 4) is 0 Å². The molecule has 1 heteroatoms. The summed E-state index contributed by atoms with van der Waals surface area (Å²) in [5, 5.41) is 2.89. The summed E-state index contributed by atoms with van der Waals surface area (Å²) in [7, 11) is 0. The lowest BCUT2D eigenvalue weighted by atomic mass is 10.0. The fraction of sp³-hybridized carbons (Fsp3) is 0.478. The molecule has 1 aromatic carbocycles. The third-order valence-electron chi connectivity index (χ3n) is 3.10. The quantitative estimate of drug-likeness (QED) is 0.493. The Labute approximate surface area is 156 Å². The van der Waals surface area contributed by atoms with Crippen molar-refractivity contribution in [2.75, 3.05) is 0 Å². The van der Waals surface area contributed by atoms with Crippen LogP contribution in [0.2, 0.25) is 0 Å². The SMILES string of the molecule is C1=CC2C=CSC2C=C1.CC.CC.CCCC.Cc1ccccc1. The Morgan fingerprint density at radius 1 is 0.792 bits per heavy atom. The van der Waals surface area contributed by atoms with Gasteiger partial charge in [-0.3, -0.25) is 0 Å². The van der Waals surface area contributed by atoms with Crippen molar-refractivity contribution in [3.05, 3.63) is 71.7 Å². The number of fused-ring (bicyclic) bond motifs is 1. The molecule has 2 unspecified atom stereocenters. The van der Waals surface area contributed by atoms with E-state index in [1.165, 1.54) is 18.4 Å². The Kier molecular flexibility index (Phi) is 20.7. The van der Waals surface area contributed by atoms with E-state index >= 15 is 0 Å². The summed E-state index contributed by atoms with van der Waals surface area (Å²) in [5.41, 5.74) is 1.32. The van der Waals surface area contributed by atoms with E-state index in [0.717, 1.165) is 0 Å². The van der Waals surface area contributed by atoms with Crippen LogP contribution in [0.4, 0.5) is 0 Å². The maximum absolute atomic E-state index is 2.26. The van der Waals surface area contributed by atoms with Crippen LogP contribution in [0.3, 0.4) is 0 Å². The van der Waals surface area contributed by atoms with Crippen molar-refractivity contribution in [3.63, 3.8) is 0 Å². The molecule has 1 aromatic rings. The van der Waals surface area contributed by atoms with E-state index in [1.54, 1.807) is 0 Å². The van der Waals surface area contributed by atoms with E-state index in [-0.39, 0.29) is 0 Å². The maximum Gasteiger partial charge on any atom is 0.0369 e. The van der Waals surface area contributed by atoms with Gasteiger partial charge in [-0.1, -0.05) is 121 Å². The molecule has 2 aliphatic rings. The summed E-state index contributed by atoms with van der Waals surface area (Å²) < 4.78 is 0. The highest BCUT2D eigenvalue weighted by Crippen LogP contribution is 2.33. The van der Waals surface area contributed by atoms with Gasteiger partial charge in [0.2, 0.25) is 0 Å². The number of benzene rings is 1. The molecular formula is C23H38S. The Hall–Kier alpha value is -1.21. The average Bonchev–Trinajstić information content (AvgIpc) is 3.15. The summed E-state index contributed by atoms with van der Waals surface area (Å²) >= 11 is 1.91. The first-order valence-electron chi connectivity index (χ1n) is 9.46. The molecule has 24 heavy (non-hydrogen) atoms. The van der Waals surface area contributed by atoms with Gasteiger partial charge in [-0.05, 0) is 12.3 Å². The number of thioether (sulfide) groups is 1. The second-order valence-corrected chi connectivity index (χ2v) is 6.02. The molecule has 0 spiro atoms. The zero-order chi connectivity index (χ0) is 18.6. The standard InChI is InChI=1S/C8H8S.C7H8.C4H10.2C2H6/c1-2-4-8-7(3-1)5-6-9-8;1-7-5-3-2-4-6-7;1-3-4-2;2*1-2/h1-8H;2-6H,1H3;3-4H2,1-2H3;2*1-2H3. The van der Waals surface area contributed by atoms with E-state index in [0.29, 0.717) is 11.2 Å². The number of hydrogen-bond acceptors (Lipinski definition) is 1. The zero-order valence-electron chi connectivity index (χ0n) is 16.8. The molecule has 0 nitrogen and oxygen atoms in total. The number of rotatable bonds is 1. The minimum absolute atomic E-state index is 0.681. The summed E-state index contributed by atoms with van der Waals surface area (Å²) in [4.78, 5) is 0. The lowest BCUT2D eigenvalue weighted by Gasteiger charge is -2.12. The number of aryl methyl sites for hydroxylation is 1. The molecule has 0 aromatic heterocycles. The molecule has 0 saturated carbocycles. The van der Waals surface area contributed by atoms with E-state index in [4.69, 9.17) is 0 Å². The first-order valence-corrected chi connectivity index (χ1v) is 10.4. The van der Waals surface area contributed by atoms with Gasteiger partial charge >= 0.3 is 0 Å². The molecule has 2 atom stereocenters. The Morgan fingerprint density at radius 2 is 1.33 bits per heavy atom. The summed E-state index contributed by atoms with van der Waals surface area (Å²) in [6, 6.07) is 10.3. The van der Waals surface area contributed by atoms with Crippen LogP contribution in [0.25, 0.3) is 0 Å². The second kappa shape index (κ2) is 19.8. The van der Waals surface area contributed by atoms with Gasteiger partial charge in [-0.2, -0.15) is 0 Å². The first-order chi connectivity index (χ1) is 11.8. The van der Waals surface area contributed by atoms with Gasteiger partial charge in [-0.25, -0.2) is 0 Å².